The van der Waals surface area contributed by atoms with Gasteiger partial charge in [0, 0.05) is 29.9 Å². The Bertz CT molecular complexity index is 352. The van der Waals surface area contributed by atoms with Crippen molar-refractivity contribution in [3.8, 4) is 0 Å². The molecule has 19 heavy (non-hydrogen) atoms. The highest BCUT2D eigenvalue weighted by Gasteiger charge is 2.14. The average Bonchev–Trinajstić information content (AvgIpc) is 2.71. The zero-order valence-electron chi connectivity index (χ0n) is 11.9. The lowest BCUT2D eigenvalue weighted by Gasteiger charge is -2.16. The predicted molar refractivity (Wildman–Crippen MR) is 80.5 cm³/mol. The lowest BCUT2D eigenvalue weighted by Crippen LogP contribution is -2.03. The average molecular weight is 280 g/mol. The normalized spacial score (nSPS) is 17.6. The van der Waals surface area contributed by atoms with Gasteiger partial charge in [0.1, 0.15) is 0 Å². The zero-order valence-corrected chi connectivity index (χ0v) is 12.7. The third kappa shape index (κ3) is 4.51. The molecule has 1 aromatic carbocycles. The van der Waals surface area contributed by atoms with Gasteiger partial charge in [-0.1, -0.05) is 37.8 Å². The number of hydrogen-bond donors (Lipinski definition) is 0. The number of methoxy groups -OCH3 is 2. The monoisotopic (exact) mass is 280 g/mol. The first kappa shape index (κ1) is 14.9. The van der Waals surface area contributed by atoms with E-state index in [1.807, 2.05) is 11.8 Å². The van der Waals surface area contributed by atoms with E-state index >= 15 is 0 Å². The molecular weight excluding hydrogens is 256 g/mol. The topological polar surface area (TPSA) is 18.5 Å². The van der Waals surface area contributed by atoms with Gasteiger partial charge in [-0.15, -0.1) is 11.8 Å². The van der Waals surface area contributed by atoms with E-state index in [0.717, 1.165) is 10.8 Å². The maximum Gasteiger partial charge on any atom is 0.183 e. The van der Waals surface area contributed by atoms with Gasteiger partial charge in [0.2, 0.25) is 0 Å². The van der Waals surface area contributed by atoms with E-state index in [1.54, 1.807) is 14.2 Å². The Balaban J connectivity index is 1.94. The minimum Gasteiger partial charge on any atom is -0.352 e. The van der Waals surface area contributed by atoms with Crippen LogP contribution >= 0.6 is 11.8 Å². The molecule has 0 heterocycles. The Morgan fingerprint density at radius 3 is 2.05 bits per heavy atom. The summed E-state index contributed by atoms with van der Waals surface area (Å²) in [6.45, 7) is 0. The highest BCUT2D eigenvalue weighted by Crippen LogP contribution is 2.33. The van der Waals surface area contributed by atoms with Crippen molar-refractivity contribution in [2.45, 2.75) is 55.0 Å². The molecule has 0 spiro atoms. The van der Waals surface area contributed by atoms with Crippen molar-refractivity contribution in [2.75, 3.05) is 14.2 Å². The van der Waals surface area contributed by atoms with Gasteiger partial charge in [0.05, 0.1) is 0 Å². The van der Waals surface area contributed by atoms with Crippen LogP contribution in [0.4, 0.5) is 0 Å². The van der Waals surface area contributed by atoms with Crippen molar-refractivity contribution < 1.29 is 9.47 Å². The maximum absolute atomic E-state index is 5.26. The Kier molecular flexibility index (Phi) is 6.21. The van der Waals surface area contributed by atoms with E-state index in [0.29, 0.717) is 0 Å². The van der Waals surface area contributed by atoms with E-state index in [1.165, 1.54) is 43.4 Å². The molecule has 1 aliphatic rings. The fraction of sp³-hybridized carbons (Fsp3) is 0.625. The molecule has 0 atom stereocenters. The second-order valence-electron chi connectivity index (χ2n) is 5.10. The van der Waals surface area contributed by atoms with Gasteiger partial charge in [-0.2, -0.15) is 0 Å². The molecule has 1 saturated carbocycles. The second kappa shape index (κ2) is 7.93. The van der Waals surface area contributed by atoms with Crippen molar-refractivity contribution in [3.63, 3.8) is 0 Å². The van der Waals surface area contributed by atoms with Crippen LogP contribution in [0.25, 0.3) is 0 Å². The number of benzene rings is 1. The summed E-state index contributed by atoms with van der Waals surface area (Å²) in [7, 11) is 3.34. The molecule has 0 amide bonds. The number of hydrogen-bond acceptors (Lipinski definition) is 3. The van der Waals surface area contributed by atoms with Gasteiger partial charge in [-0.05, 0) is 25.0 Å². The Morgan fingerprint density at radius 2 is 1.53 bits per heavy atom. The summed E-state index contributed by atoms with van der Waals surface area (Å²) in [4.78, 5) is 1.36. The lowest BCUT2D eigenvalue weighted by atomic mass is 10.2. The van der Waals surface area contributed by atoms with Gasteiger partial charge in [-0.3, -0.25) is 0 Å². The van der Waals surface area contributed by atoms with E-state index in [2.05, 4.69) is 24.3 Å². The van der Waals surface area contributed by atoms with Gasteiger partial charge >= 0.3 is 0 Å². The highest BCUT2D eigenvalue weighted by atomic mass is 32.2. The third-order valence-corrected chi connectivity index (χ3v) is 5.03. The molecule has 3 heteroatoms. The van der Waals surface area contributed by atoms with Crippen LogP contribution in [0.5, 0.6) is 0 Å². The van der Waals surface area contributed by atoms with Crippen molar-refractivity contribution in [2.24, 2.45) is 0 Å². The molecule has 0 bridgehead atoms. The molecule has 1 fully saturated rings. The first-order valence-electron chi connectivity index (χ1n) is 7.15. The molecule has 106 valence electrons. The van der Waals surface area contributed by atoms with Gasteiger partial charge in [-0.25, -0.2) is 0 Å². The van der Waals surface area contributed by atoms with E-state index in [-0.39, 0.29) is 6.29 Å². The van der Waals surface area contributed by atoms with Crippen LogP contribution in [-0.4, -0.2) is 19.5 Å². The molecule has 2 nitrogen and oxygen atoms in total. The van der Waals surface area contributed by atoms with Gasteiger partial charge in [0.15, 0.2) is 6.29 Å². The molecule has 0 saturated heterocycles. The standard InChI is InChI=1S/C16H24O2S/c1-17-16(18-2)13-9-11-15(12-10-13)19-14-7-5-3-4-6-8-14/h9-12,14,16H,3-8H2,1-2H3. The molecule has 0 aliphatic heterocycles. The smallest absolute Gasteiger partial charge is 0.183 e. The Morgan fingerprint density at radius 1 is 0.947 bits per heavy atom. The highest BCUT2D eigenvalue weighted by molar-refractivity contribution is 8.00. The van der Waals surface area contributed by atoms with Crippen LogP contribution in [0.2, 0.25) is 0 Å². The van der Waals surface area contributed by atoms with Crippen LogP contribution in [0.1, 0.15) is 50.4 Å². The minimum absolute atomic E-state index is 0.253. The van der Waals surface area contributed by atoms with Gasteiger partial charge in [0.25, 0.3) is 0 Å². The largest absolute Gasteiger partial charge is 0.352 e. The number of thioether (sulfide) groups is 1. The number of ether oxygens (including phenoxy) is 2. The summed E-state index contributed by atoms with van der Waals surface area (Å²) in [5.41, 5.74) is 1.08. The molecule has 1 aliphatic carbocycles. The van der Waals surface area contributed by atoms with E-state index < -0.39 is 0 Å². The second-order valence-corrected chi connectivity index (χ2v) is 6.48. The molecule has 0 aromatic heterocycles. The third-order valence-electron chi connectivity index (χ3n) is 3.69. The summed E-state index contributed by atoms with van der Waals surface area (Å²) >= 11 is 2.03. The molecule has 1 aromatic rings. The van der Waals surface area contributed by atoms with Crippen molar-refractivity contribution >= 4 is 11.8 Å². The zero-order chi connectivity index (χ0) is 13.5. The summed E-state index contributed by atoms with van der Waals surface area (Å²) < 4.78 is 10.5. The fourth-order valence-electron chi connectivity index (χ4n) is 2.62. The Labute approximate surface area is 120 Å². The predicted octanol–water partition coefficient (Wildman–Crippen LogP) is 4.79. The van der Waals surface area contributed by atoms with E-state index in [4.69, 9.17) is 9.47 Å². The summed E-state index contributed by atoms with van der Waals surface area (Å²) in [6, 6.07) is 8.60. The quantitative estimate of drug-likeness (QED) is 0.570. The van der Waals surface area contributed by atoms with Crippen LogP contribution < -0.4 is 0 Å². The lowest BCUT2D eigenvalue weighted by molar-refractivity contribution is -0.106. The molecule has 0 unspecified atom stereocenters. The van der Waals surface area contributed by atoms with Crippen molar-refractivity contribution in [1.29, 1.82) is 0 Å². The summed E-state index contributed by atoms with van der Waals surface area (Å²) in [5, 5.41) is 0.800. The molecule has 0 radical (unpaired) electrons. The van der Waals surface area contributed by atoms with Crippen LogP contribution in [0.15, 0.2) is 29.2 Å². The SMILES string of the molecule is COC(OC)c1ccc(SC2CCCCCC2)cc1. The molecule has 0 N–H and O–H groups in total. The molecule has 2 rings (SSSR count). The molecular formula is C16H24O2S. The maximum atomic E-state index is 5.26. The summed E-state index contributed by atoms with van der Waals surface area (Å²) in [6.07, 6.45) is 8.10. The summed E-state index contributed by atoms with van der Waals surface area (Å²) in [5.74, 6) is 0. The van der Waals surface area contributed by atoms with Crippen LogP contribution in [-0.2, 0) is 9.47 Å². The fourth-order valence-corrected chi connectivity index (χ4v) is 3.87. The minimum atomic E-state index is -0.253. The van der Waals surface area contributed by atoms with E-state index in [9.17, 15) is 0 Å². The van der Waals surface area contributed by atoms with Crippen molar-refractivity contribution in [1.82, 2.24) is 0 Å². The van der Waals surface area contributed by atoms with Crippen molar-refractivity contribution in [3.05, 3.63) is 29.8 Å². The first-order valence-corrected chi connectivity index (χ1v) is 8.03. The van der Waals surface area contributed by atoms with Crippen LogP contribution in [0, 0.1) is 0 Å². The first-order chi connectivity index (χ1) is 9.33. The van der Waals surface area contributed by atoms with Gasteiger partial charge < -0.3 is 9.47 Å². The Hall–Kier alpha value is -0.510. The van der Waals surface area contributed by atoms with Crippen LogP contribution in [0.3, 0.4) is 0 Å². The number of rotatable bonds is 5.